The van der Waals surface area contributed by atoms with E-state index in [4.69, 9.17) is 23.2 Å². The number of rotatable bonds is 6. The van der Waals surface area contributed by atoms with Crippen LogP contribution in [0.15, 0.2) is 41.6 Å². The molecule has 0 bridgehead atoms. The molecule has 194 valence electrons. The van der Waals surface area contributed by atoms with Crippen molar-refractivity contribution in [2.75, 3.05) is 11.1 Å². The second-order valence-electron chi connectivity index (χ2n) is 8.12. The topological polar surface area (TPSA) is 102 Å². The van der Waals surface area contributed by atoms with E-state index in [1.165, 1.54) is 6.92 Å². The Bertz CT molecular complexity index is 1400. The quantitative estimate of drug-likeness (QED) is 0.320. The average molecular weight is 571 g/mol. The van der Waals surface area contributed by atoms with Crippen LogP contribution in [-0.2, 0) is 15.8 Å². The summed E-state index contributed by atoms with van der Waals surface area (Å²) in [4.78, 5) is 23.7. The molecule has 0 saturated carbocycles. The number of thioether (sulfide) groups is 1. The summed E-state index contributed by atoms with van der Waals surface area (Å²) in [5.41, 5.74) is -0.827. The van der Waals surface area contributed by atoms with Crippen LogP contribution < -0.4 is 10.6 Å². The molecule has 2 N–H and O–H groups in total. The summed E-state index contributed by atoms with van der Waals surface area (Å²) < 4.78 is 40.3. The standard InChI is InChI=1S/C23H19Cl2F3N6O2S/c1-13(35)30-22(2,3)9-8-14-4-7-18(17(25)10-14)29-20(36)12-37-21-31-32-33-34(21)19-11-15(23(26,27)28)5-6-16(19)24/h4-7,10-11H,12H2,1-3H3,(H,29,36)(H,30,35). The molecule has 0 fully saturated rings. The molecule has 8 nitrogen and oxygen atoms in total. The zero-order chi connectivity index (χ0) is 27.4. The maximum absolute atomic E-state index is 13.1. The molecule has 1 aromatic heterocycles. The van der Waals surface area contributed by atoms with E-state index < -0.39 is 23.2 Å². The van der Waals surface area contributed by atoms with Crippen LogP contribution in [0, 0.1) is 11.8 Å². The molecule has 0 aliphatic rings. The third-order valence-electron chi connectivity index (χ3n) is 4.53. The molecule has 0 saturated heterocycles. The van der Waals surface area contributed by atoms with Crippen molar-refractivity contribution in [3.63, 3.8) is 0 Å². The lowest BCUT2D eigenvalue weighted by Crippen LogP contribution is -2.40. The number of aromatic nitrogens is 4. The first-order chi connectivity index (χ1) is 17.2. The molecule has 37 heavy (non-hydrogen) atoms. The summed E-state index contributed by atoms with van der Waals surface area (Å²) in [7, 11) is 0. The molecule has 3 rings (SSSR count). The van der Waals surface area contributed by atoms with Crippen molar-refractivity contribution >= 4 is 52.5 Å². The van der Waals surface area contributed by atoms with E-state index in [1.807, 2.05) is 0 Å². The fourth-order valence-electron chi connectivity index (χ4n) is 2.98. The van der Waals surface area contributed by atoms with Crippen molar-refractivity contribution in [3.8, 4) is 17.5 Å². The second kappa shape index (κ2) is 11.4. The fourth-order valence-corrected chi connectivity index (χ4v) is 4.09. The molecule has 0 atom stereocenters. The summed E-state index contributed by atoms with van der Waals surface area (Å²) >= 11 is 13.2. The number of nitrogens with one attached hydrogen (secondary N) is 2. The van der Waals surface area contributed by atoms with E-state index in [-0.39, 0.29) is 32.5 Å². The van der Waals surface area contributed by atoms with E-state index in [1.54, 1.807) is 32.0 Å². The van der Waals surface area contributed by atoms with Gasteiger partial charge in [0.1, 0.15) is 0 Å². The Kier molecular flexibility index (Phi) is 8.73. The Morgan fingerprint density at radius 1 is 1.11 bits per heavy atom. The van der Waals surface area contributed by atoms with Crippen LogP contribution in [-0.4, -0.2) is 43.3 Å². The van der Waals surface area contributed by atoms with Gasteiger partial charge < -0.3 is 10.6 Å². The highest BCUT2D eigenvalue weighted by atomic mass is 35.5. The lowest BCUT2D eigenvalue weighted by atomic mass is 10.1. The van der Waals surface area contributed by atoms with Gasteiger partial charge in [0, 0.05) is 12.5 Å². The van der Waals surface area contributed by atoms with Crippen LogP contribution in [0.3, 0.4) is 0 Å². The predicted molar refractivity (Wildman–Crippen MR) is 135 cm³/mol. The first kappa shape index (κ1) is 28.3. The van der Waals surface area contributed by atoms with Gasteiger partial charge in [0.25, 0.3) is 0 Å². The molecule has 3 aromatic rings. The van der Waals surface area contributed by atoms with Gasteiger partial charge in [-0.05, 0) is 60.7 Å². The minimum Gasteiger partial charge on any atom is -0.341 e. The fraction of sp³-hybridized carbons (Fsp3) is 0.261. The van der Waals surface area contributed by atoms with Crippen LogP contribution in [0.5, 0.6) is 0 Å². The maximum atomic E-state index is 13.1. The van der Waals surface area contributed by atoms with Gasteiger partial charge >= 0.3 is 6.18 Å². The molecule has 2 amide bonds. The van der Waals surface area contributed by atoms with E-state index in [9.17, 15) is 22.8 Å². The second-order valence-corrected chi connectivity index (χ2v) is 9.88. The number of tetrazole rings is 1. The smallest absolute Gasteiger partial charge is 0.341 e. The average Bonchev–Trinajstić information content (AvgIpc) is 3.25. The summed E-state index contributed by atoms with van der Waals surface area (Å²) in [5.74, 6) is 5.03. The number of anilines is 1. The minimum atomic E-state index is -4.58. The number of carbonyl (C=O) groups excluding carboxylic acids is 2. The van der Waals surface area contributed by atoms with Crippen LogP contribution in [0.4, 0.5) is 18.9 Å². The summed E-state index contributed by atoms with van der Waals surface area (Å²) in [6, 6.07) is 7.57. The molecule has 0 aliphatic heterocycles. The monoisotopic (exact) mass is 570 g/mol. The zero-order valence-electron chi connectivity index (χ0n) is 19.6. The lowest BCUT2D eigenvalue weighted by Gasteiger charge is -2.18. The van der Waals surface area contributed by atoms with Gasteiger partial charge in [0.15, 0.2) is 0 Å². The Hall–Kier alpha value is -3.27. The van der Waals surface area contributed by atoms with Crippen molar-refractivity contribution in [1.29, 1.82) is 0 Å². The molecule has 0 radical (unpaired) electrons. The predicted octanol–water partition coefficient (Wildman–Crippen LogP) is 4.98. The van der Waals surface area contributed by atoms with Crippen molar-refractivity contribution in [3.05, 3.63) is 57.6 Å². The van der Waals surface area contributed by atoms with E-state index in [2.05, 4.69) is 38.0 Å². The molecule has 1 heterocycles. The Morgan fingerprint density at radius 2 is 1.84 bits per heavy atom. The van der Waals surface area contributed by atoms with Crippen LogP contribution >= 0.6 is 35.0 Å². The molecule has 0 aliphatic carbocycles. The van der Waals surface area contributed by atoms with Crippen molar-refractivity contribution in [2.45, 2.75) is 37.6 Å². The normalized spacial score (nSPS) is 11.5. The van der Waals surface area contributed by atoms with Gasteiger partial charge in [-0.3, -0.25) is 9.59 Å². The Balaban J connectivity index is 1.68. The summed E-state index contributed by atoms with van der Waals surface area (Å²) in [5, 5.41) is 16.6. The molecule has 14 heteroatoms. The van der Waals surface area contributed by atoms with Crippen LogP contribution in [0.1, 0.15) is 31.9 Å². The lowest BCUT2D eigenvalue weighted by molar-refractivity contribution is -0.137. The number of halogens is 5. The van der Waals surface area contributed by atoms with E-state index in [0.29, 0.717) is 11.3 Å². The van der Waals surface area contributed by atoms with Gasteiger partial charge in [-0.15, -0.1) is 5.10 Å². The van der Waals surface area contributed by atoms with Crippen molar-refractivity contribution in [1.82, 2.24) is 25.5 Å². The van der Waals surface area contributed by atoms with Crippen LogP contribution in [0.25, 0.3) is 5.69 Å². The number of nitrogens with zero attached hydrogens (tertiary/aromatic N) is 4. The molecular weight excluding hydrogens is 552 g/mol. The third-order valence-corrected chi connectivity index (χ3v) is 6.08. The van der Waals surface area contributed by atoms with Crippen molar-refractivity contribution in [2.24, 2.45) is 0 Å². The summed E-state index contributed by atoms with van der Waals surface area (Å²) in [6.45, 7) is 4.91. The molecular formula is C23H19Cl2F3N6O2S. The van der Waals surface area contributed by atoms with Gasteiger partial charge in [-0.2, -0.15) is 17.9 Å². The van der Waals surface area contributed by atoms with Crippen molar-refractivity contribution < 1.29 is 22.8 Å². The zero-order valence-corrected chi connectivity index (χ0v) is 21.9. The van der Waals surface area contributed by atoms with Gasteiger partial charge in [0.05, 0.1) is 38.3 Å². The van der Waals surface area contributed by atoms with Crippen LogP contribution in [0.2, 0.25) is 10.0 Å². The number of carbonyl (C=O) groups is 2. The number of alkyl halides is 3. The Labute approximate surface area is 224 Å². The SMILES string of the molecule is CC(=O)NC(C)(C)C#Cc1ccc(NC(=O)CSc2nnnn2-c2cc(C(F)(F)F)ccc2Cl)c(Cl)c1. The molecule has 0 unspecified atom stereocenters. The highest BCUT2D eigenvalue weighted by Crippen LogP contribution is 2.34. The van der Waals surface area contributed by atoms with Gasteiger partial charge in [-0.25, -0.2) is 0 Å². The van der Waals surface area contributed by atoms with E-state index in [0.717, 1.165) is 34.6 Å². The number of hydrogen-bond donors (Lipinski definition) is 2. The largest absolute Gasteiger partial charge is 0.416 e. The maximum Gasteiger partial charge on any atom is 0.416 e. The highest BCUT2D eigenvalue weighted by molar-refractivity contribution is 7.99. The van der Waals surface area contributed by atoms with Gasteiger partial charge in [0.2, 0.25) is 17.0 Å². The highest BCUT2D eigenvalue weighted by Gasteiger charge is 2.31. The number of amides is 2. The third kappa shape index (κ3) is 7.85. The first-order valence-corrected chi connectivity index (χ1v) is 12.2. The summed E-state index contributed by atoms with van der Waals surface area (Å²) in [6.07, 6.45) is -4.58. The van der Waals surface area contributed by atoms with Gasteiger partial charge in [-0.1, -0.05) is 46.8 Å². The number of hydrogen-bond acceptors (Lipinski definition) is 6. The molecule has 0 spiro atoms. The minimum absolute atomic E-state index is 0.00188. The number of benzene rings is 2. The van der Waals surface area contributed by atoms with E-state index >= 15 is 0 Å². The Morgan fingerprint density at radius 3 is 2.49 bits per heavy atom. The molecule has 2 aromatic carbocycles. The first-order valence-electron chi connectivity index (χ1n) is 10.4.